The van der Waals surface area contributed by atoms with Crippen LogP contribution in [0.5, 0.6) is 0 Å². The fraction of sp³-hybridized carbons (Fsp3) is 0.667. The van der Waals surface area contributed by atoms with Gasteiger partial charge < -0.3 is 10.2 Å². The van der Waals surface area contributed by atoms with Crippen LogP contribution in [0.25, 0.3) is 0 Å². The lowest BCUT2D eigenvalue weighted by atomic mass is 9.96. The molecule has 0 spiro atoms. The maximum atomic E-state index is 12.6. The van der Waals surface area contributed by atoms with Gasteiger partial charge in [-0.3, -0.25) is 0 Å². The number of hydrogen-bond acceptors (Lipinski definition) is 4. The standard InChI is InChI=1S/C12H17F3N4/c1-16-8-10-2-3-11(18-17-10)19-6-4-9(5-7-19)12(13,14)15/h2-3,9,16H,4-8H2,1H3. The second-order valence-electron chi connectivity index (χ2n) is 4.72. The van der Waals surface area contributed by atoms with Gasteiger partial charge in [-0.1, -0.05) is 0 Å². The molecule has 4 nitrogen and oxygen atoms in total. The van der Waals surface area contributed by atoms with E-state index in [1.54, 1.807) is 0 Å². The number of nitrogens with zero attached hydrogens (tertiary/aromatic N) is 3. The van der Waals surface area contributed by atoms with Gasteiger partial charge in [-0.15, -0.1) is 5.10 Å². The van der Waals surface area contributed by atoms with Crippen molar-refractivity contribution in [2.45, 2.75) is 25.6 Å². The van der Waals surface area contributed by atoms with Crippen molar-refractivity contribution in [2.75, 3.05) is 25.0 Å². The number of hydrogen-bond donors (Lipinski definition) is 1. The Labute approximate surface area is 110 Å². The molecule has 0 bridgehead atoms. The Hall–Kier alpha value is -1.37. The zero-order valence-electron chi connectivity index (χ0n) is 10.7. The summed E-state index contributed by atoms with van der Waals surface area (Å²) in [5.74, 6) is -0.527. The average Bonchev–Trinajstić information content (AvgIpc) is 2.39. The largest absolute Gasteiger partial charge is 0.391 e. The summed E-state index contributed by atoms with van der Waals surface area (Å²) in [6.07, 6.45) is -3.82. The van der Waals surface area contributed by atoms with Crippen molar-refractivity contribution < 1.29 is 13.2 Å². The molecule has 2 rings (SSSR count). The molecule has 1 aliphatic heterocycles. The topological polar surface area (TPSA) is 41.0 Å². The van der Waals surface area contributed by atoms with Gasteiger partial charge in [0.1, 0.15) is 0 Å². The first-order valence-electron chi connectivity index (χ1n) is 6.29. The van der Waals surface area contributed by atoms with Crippen molar-refractivity contribution in [3.63, 3.8) is 0 Å². The molecule has 0 aromatic carbocycles. The van der Waals surface area contributed by atoms with Gasteiger partial charge in [0.2, 0.25) is 0 Å². The van der Waals surface area contributed by atoms with Crippen LogP contribution in [0.4, 0.5) is 19.0 Å². The van der Waals surface area contributed by atoms with E-state index in [4.69, 9.17) is 0 Å². The molecule has 1 fully saturated rings. The number of halogens is 3. The number of aromatic nitrogens is 2. The molecular formula is C12H17F3N4. The lowest BCUT2D eigenvalue weighted by Crippen LogP contribution is -2.39. The van der Waals surface area contributed by atoms with E-state index < -0.39 is 12.1 Å². The van der Waals surface area contributed by atoms with Crippen LogP contribution >= 0.6 is 0 Å². The third-order valence-electron chi connectivity index (χ3n) is 3.35. The Morgan fingerprint density at radius 3 is 2.42 bits per heavy atom. The Bertz CT molecular complexity index is 396. The quantitative estimate of drug-likeness (QED) is 0.915. The van der Waals surface area contributed by atoms with Crippen LogP contribution in [-0.4, -0.2) is 36.5 Å². The van der Waals surface area contributed by atoms with E-state index in [2.05, 4.69) is 15.5 Å². The number of anilines is 1. The summed E-state index contributed by atoms with van der Waals surface area (Å²) >= 11 is 0. The Morgan fingerprint density at radius 2 is 1.95 bits per heavy atom. The minimum Gasteiger partial charge on any atom is -0.355 e. The lowest BCUT2D eigenvalue weighted by Gasteiger charge is -2.33. The summed E-state index contributed by atoms with van der Waals surface area (Å²) < 4.78 is 37.7. The molecular weight excluding hydrogens is 257 g/mol. The van der Waals surface area contributed by atoms with E-state index in [1.165, 1.54) is 0 Å². The zero-order chi connectivity index (χ0) is 13.9. The molecule has 0 aliphatic carbocycles. The van der Waals surface area contributed by atoms with Crippen LogP contribution in [-0.2, 0) is 6.54 Å². The first-order chi connectivity index (χ1) is 9.00. The first kappa shape index (κ1) is 14.0. The van der Waals surface area contributed by atoms with Gasteiger partial charge >= 0.3 is 6.18 Å². The number of alkyl halides is 3. The Morgan fingerprint density at radius 1 is 1.26 bits per heavy atom. The van der Waals surface area contributed by atoms with Gasteiger partial charge in [0, 0.05) is 19.6 Å². The average molecular weight is 274 g/mol. The van der Waals surface area contributed by atoms with E-state index in [-0.39, 0.29) is 12.8 Å². The fourth-order valence-corrected chi connectivity index (χ4v) is 2.23. The maximum absolute atomic E-state index is 12.6. The molecule has 1 aromatic heterocycles. The molecule has 0 radical (unpaired) electrons. The lowest BCUT2D eigenvalue weighted by molar-refractivity contribution is -0.179. The molecule has 1 aromatic rings. The summed E-state index contributed by atoms with van der Waals surface area (Å²) in [6, 6.07) is 3.66. The number of nitrogens with one attached hydrogen (secondary N) is 1. The van der Waals surface area contributed by atoms with Crippen LogP contribution in [0.1, 0.15) is 18.5 Å². The predicted molar refractivity (Wildman–Crippen MR) is 65.8 cm³/mol. The highest BCUT2D eigenvalue weighted by molar-refractivity contribution is 5.37. The minimum absolute atomic E-state index is 0.128. The van der Waals surface area contributed by atoms with Gasteiger partial charge in [-0.05, 0) is 32.0 Å². The van der Waals surface area contributed by atoms with E-state index in [0.717, 1.165) is 5.69 Å². The smallest absolute Gasteiger partial charge is 0.355 e. The molecule has 19 heavy (non-hydrogen) atoms. The highest BCUT2D eigenvalue weighted by atomic mass is 19.4. The third kappa shape index (κ3) is 3.56. The monoisotopic (exact) mass is 274 g/mol. The van der Waals surface area contributed by atoms with Gasteiger partial charge in [0.15, 0.2) is 5.82 Å². The second kappa shape index (κ2) is 5.73. The van der Waals surface area contributed by atoms with Crippen molar-refractivity contribution in [1.29, 1.82) is 0 Å². The van der Waals surface area contributed by atoms with Gasteiger partial charge in [0.25, 0.3) is 0 Å². The van der Waals surface area contributed by atoms with Crippen molar-refractivity contribution in [1.82, 2.24) is 15.5 Å². The summed E-state index contributed by atoms with van der Waals surface area (Å²) in [6.45, 7) is 1.39. The highest BCUT2D eigenvalue weighted by Gasteiger charge is 2.41. The number of rotatable bonds is 3. The molecule has 7 heteroatoms. The van der Waals surface area contributed by atoms with Crippen molar-refractivity contribution in [3.05, 3.63) is 17.8 Å². The summed E-state index contributed by atoms with van der Waals surface area (Å²) in [5, 5.41) is 11.1. The molecule has 1 N–H and O–H groups in total. The van der Waals surface area contributed by atoms with Gasteiger partial charge in [-0.25, -0.2) is 0 Å². The van der Waals surface area contributed by atoms with Gasteiger partial charge in [0.05, 0.1) is 11.6 Å². The molecule has 0 amide bonds. The SMILES string of the molecule is CNCc1ccc(N2CCC(C(F)(F)F)CC2)nn1. The summed E-state index contributed by atoms with van der Waals surface area (Å²) in [4.78, 5) is 1.86. The molecule has 106 valence electrons. The molecule has 0 atom stereocenters. The van der Waals surface area contributed by atoms with Crippen LogP contribution < -0.4 is 10.2 Å². The Balaban J connectivity index is 1.94. The van der Waals surface area contributed by atoms with E-state index in [1.807, 2.05) is 24.1 Å². The second-order valence-corrected chi connectivity index (χ2v) is 4.72. The fourth-order valence-electron chi connectivity index (χ4n) is 2.23. The van der Waals surface area contributed by atoms with Crippen LogP contribution in [0.3, 0.4) is 0 Å². The molecule has 0 saturated carbocycles. The zero-order valence-corrected chi connectivity index (χ0v) is 10.7. The van der Waals surface area contributed by atoms with E-state index >= 15 is 0 Å². The highest BCUT2D eigenvalue weighted by Crippen LogP contribution is 2.34. The molecule has 0 unspecified atom stereocenters. The third-order valence-corrected chi connectivity index (χ3v) is 3.35. The molecule has 1 saturated heterocycles. The summed E-state index contributed by atoms with van der Waals surface area (Å²) in [7, 11) is 1.82. The van der Waals surface area contributed by atoms with E-state index in [9.17, 15) is 13.2 Å². The van der Waals surface area contributed by atoms with E-state index in [0.29, 0.717) is 25.5 Å². The van der Waals surface area contributed by atoms with Crippen LogP contribution in [0.15, 0.2) is 12.1 Å². The number of piperidine rings is 1. The van der Waals surface area contributed by atoms with Crippen molar-refractivity contribution in [3.8, 4) is 0 Å². The Kier molecular flexibility index (Phi) is 4.24. The van der Waals surface area contributed by atoms with Crippen LogP contribution in [0.2, 0.25) is 0 Å². The van der Waals surface area contributed by atoms with Gasteiger partial charge in [-0.2, -0.15) is 18.3 Å². The van der Waals surface area contributed by atoms with Crippen LogP contribution in [0, 0.1) is 5.92 Å². The minimum atomic E-state index is -4.07. The first-order valence-corrected chi connectivity index (χ1v) is 6.29. The normalized spacial score (nSPS) is 17.8. The maximum Gasteiger partial charge on any atom is 0.391 e. The predicted octanol–water partition coefficient (Wildman–Crippen LogP) is 1.97. The molecule has 1 aliphatic rings. The summed E-state index contributed by atoms with van der Waals surface area (Å²) in [5.41, 5.74) is 0.816. The van der Waals surface area contributed by atoms with Crippen molar-refractivity contribution >= 4 is 5.82 Å². The van der Waals surface area contributed by atoms with Crippen molar-refractivity contribution in [2.24, 2.45) is 5.92 Å². The molecule has 2 heterocycles.